The number of aliphatic hydroxyl groups is 2. The first kappa shape index (κ1) is 12.4. The Morgan fingerprint density at radius 2 is 2.00 bits per heavy atom. The van der Waals surface area contributed by atoms with Crippen molar-refractivity contribution in [2.45, 2.75) is 32.5 Å². The minimum absolute atomic E-state index is 0.330. The summed E-state index contributed by atoms with van der Waals surface area (Å²) in [6.07, 6.45) is -1.36. The smallest absolute Gasteiger partial charge is 0.107 e. The molecule has 0 saturated heterocycles. The highest BCUT2D eigenvalue weighted by atomic mass is 35.5. The fourth-order valence-electron chi connectivity index (χ4n) is 1.49. The van der Waals surface area contributed by atoms with Crippen LogP contribution in [0.25, 0.3) is 0 Å². The number of hydrogen-bond donors (Lipinski definition) is 2. The molecule has 3 nitrogen and oxygen atoms in total. The number of hydrogen-bond acceptors (Lipinski definition) is 3. The lowest BCUT2D eigenvalue weighted by Gasteiger charge is -2.18. The Kier molecular flexibility index (Phi) is 4.51. The van der Waals surface area contributed by atoms with Crippen LogP contribution in [0, 0.1) is 13.8 Å². The predicted octanol–water partition coefficient (Wildman–Crippen LogP) is 1.72. The molecule has 1 rings (SSSR count). The quantitative estimate of drug-likeness (QED) is 0.774. The van der Waals surface area contributed by atoms with Gasteiger partial charge in [-0.3, -0.25) is 4.98 Å². The Bertz CT molecular complexity index is 330. The number of pyridine rings is 1. The van der Waals surface area contributed by atoms with E-state index in [4.69, 9.17) is 11.6 Å². The number of aliphatic hydroxyl groups excluding tert-OH is 2. The average Bonchev–Trinajstić information content (AvgIpc) is 2.17. The van der Waals surface area contributed by atoms with E-state index in [-0.39, 0.29) is 0 Å². The Hall–Kier alpha value is -0.640. The lowest BCUT2D eigenvalue weighted by Crippen LogP contribution is -2.20. The Balaban J connectivity index is 2.86. The molecule has 2 unspecified atom stereocenters. The summed E-state index contributed by atoms with van der Waals surface area (Å²) in [6.45, 7) is 3.71. The molecular formula is C11H16ClNO2. The zero-order chi connectivity index (χ0) is 11.4. The number of aryl methyl sites for hydroxylation is 2. The van der Waals surface area contributed by atoms with Crippen molar-refractivity contribution >= 4 is 11.6 Å². The Morgan fingerprint density at radius 1 is 1.33 bits per heavy atom. The van der Waals surface area contributed by atoms with Crippen LogP contribution in [0.1, 0.15) is 29.5 Å². The molecule has 2 atom stereocenters. The van der Waals surface area contributed by atoms with Crippen molar-refractivity contribution in [2.24, 2.45) is 0 Å². The van der Waals surface area contributed by atoms with Gasteiger partial charge in [0.25, 0.3) is 0 Å². The van der Waals surface area contributed by atoms with Gasteiger partial charge >= 0.3 is 0 Å². The van der Waals surface area contributed by atoms with Gasteiger partial charge in [-0.15, -0.1) is 11.6 Å². The number of rotatable bonds is 4. The number of aromatic nitrogens is 1. The number of halogens is 1. The van der Waals surface area contributed by atoms with E-state index >= 15 is 0 Å². The van der Waals surface area contributed by atoms with Crippen molar-refractivity contribution in [3.8, 4) is 0 Å². The Morgan fingerprint density at radius 3 is 2.53 bits per heavy atom. The van der Waals surface area contributed by atoms with Crippen molar-refractivity contribution in [3.63, 3.8) is 0 Å². The number of nitrogens with zero attached hydrogens (tertiary/aromatic N) is 1. The maximum Gasteiger partial charge on any atom is 0.107 e. The van der Waals surface area contributed by atoms with Gasteiger partial charge in [0.2, 0.25) is 0 Å². The third-order valence-electron chi connectivity index (χ3n) is 2.35. The van der Waals surface area contributed by atoms with E-state index in [1.54, 1.807) is 6.07 Å². The van der Waals surface area contributed by atoms with E-state index in [1.807, 2.05) is 19.9 Å². The molecule has 0 amide bonds. The van der Waals surface area contributed by atoms with Crippen molar-refractivity contribution < 1.29 is 10.2 Å². The largest absolute Gasteiger partial charge is 0.390 e. The molecule has 0 aromatic carbocycles. The SMILES string of the molecule is Cc1ccc(C(O)C(O)CCCl)c(C)n1. The van der Waals surface area contributed by atoms with E-state index in [2.05, 4.69) is 4.98 Å². The second kappa shape index (κ2) is 5.45. The fourth-order valence-corrected chi connectivity index (χ4v) is 1.71. The van der Waals surface area contributed by atoms with Crippen molar-refractivity contribution in [3.05, 3.63) is 29.1 Å². The van der Waals surface area contributed by atoms with Gasteiger partial charge in [-0.25, -0.2) is 0 Å². The maximum atomic E-state index is 9.84. The van der Waals surface area contributed by atoms with Crippen molar-refractivity contribution in [2.75, 3.05) is 5.88 Å². The number of alkyl halides is 1. The second-order valence-electron chi connectivity index (χ2n) is 3.62. The summed E-state index contributed by atoms with van der Waals surface area (Å²) in [5.74, 6) is 0.330. The molecule has 0 aliphatic rings. The summed E-state index contributed by atoms with van der Waals surface area (Å²) in [4.78, 5) is 4.23. The van der Waals surface area contributed by atoms with Crippen LogP contribution >= 0.6 is 11.6 Å². The lowest BCUT2D eigenvalue weighted by atomic mass is 10.0. The van der Waals surface area contributed by atoms with Crippen LogP contribution in [0.5, 0.6) is 0 Å². The second-order valence-corrected chi connectivity index (χ2v) is 4.00. The molecule has 15 heavy (non-hydrogen) atoms. The van der Waals surface area contributed by atoms with Crippen LogP contribution in [-0.2, 0) is 0 Å². The molecule has 1 heterocycles. The minimum Gasteiger partial charge on any atom is -0.390 e. The highest BCUT2D eigenvalue weighted by Gasteiger charge is 2.19. The molecule has 0 fully saturated rings. The molecule has 1 aromatic heterocycles. The molecule has 84 valence electrons. The predicted molar refractivity (Wildman–Crippen MR) is 60.0 cm³/mol. The van der Waals surface area contributed by atoms with E-state index in [9.17, 15) is 10.2 Å². The van der Waals surface area contributed by atoms with Gasteiger partial charge in [-0.1, -0.05) is 6.07 Å². The standard InChI is InChI=1S/C11H16ClNO2/c1-7-3-4-9(8(2)13-7)11(15)10(14)5-6-12/h3-4,10-11,14-15H,5-6H2,1-2H3. The third kappa shape index (κ3) is 3.16. The summed E-state index contributed by atoms with van der Waals surface area (Å²) < 4.78 is 0. The first-order valence-electron chi connectivity index (χ1n) is 4.92. The van der Waals surface area contributed by atoms with Crippen LogP contribution < -0.4 is 0 Å². The van der Waals surface area contributed by atoms with Gasteiger partial charge < -0.3 is 10.2 Å². The van der Waals surface area contributed by atoms with Crippen LogP contribution in [0.4, 0.5) is 0 Å². The van der Waals surface area contributed by atoms with Gasteiger partial charge in [0.15, 0.2) is 0 Å². The highest BCUT2D eigenvalue weighted by Crippen LogP contribution is 2.21. The average molecular weight is 230 g/mol. The van der Waals surface area contributed by atoms with E-state index < -0.39 is 12.2 Å². The van der Waals surface area contributed by atoms with Gasteiger partial charge in [-0.05, 0) is 26.3 Å². The van der Waals surface area contributed by atoms with Crippen LogP contribution in [-0.4, -0.2) is 27.2 Å². The molecule has 1 aromatic rings. The zero-order valence-corrected chi connectivity index (χ0v) is 9.70. The summed E-state index contributed by atoms with van der Waals surface area (Å²) in [5.41, 5.74) is 2.31. The van der Waals surface area contributed by atoms with Gasteiger partial charge in [0.05, 0.1) is 6.10 Å². The molecule has 4 heteroatoms. The fraction of sp³-hybridized carbons (Fsp3) is 0.545. The van der Waals surface area contributed by atoms with E-state index in [0.717, 1.165) is 11.4 Å². The zero-order valence-electron chi connectivity index (χ0n) is 8.94. The molecule has 0 aliphatic carbocycles. The van der Waals surface area contributed by atoms with Crippen LogP contribution in [0.3, 0.4) is 0 Å². The first-order valence-corrected chi connectivity index (χ1v) is 5.46. The third-order valence-corrected chi connectivity index (χ3v) is 2.57. The molecule has 0 saturated carbocycles. The van der Waals surface area contributed by atoms with Crippen molar-refractivity contribution in [1.29, 1.82) is 0 Å². The molecule has 2 N–H and O–H groups in total. The van der Waals surface area contributed by atoms with Crippen LogP contribution in [0.2, 0.25) is 0 Å². The molecule has 0 radical (unpaired) electrons. The highest BCUT2D eigenvalue weighted by molar-refractivity contribution is 6.17. The van der Waals surface area contributed by atoms with E-state index in [1.165, 1.54) is 0 Å². The lowest BCUT2D eigenvalue weighted by molar-refractivity contribution is 0.0164. The molecule has 0 spiro atoms. The van der Waals surface area contributed by atoms with Gasteiger partial charge in [-0.2, -0.15) is 0 Å². The summed E-state index contributed by atoms with van der Waals surface area (Å²) in [6, 6.07) is 3.61. The van der Waals surface area contributed by atoms with Crippen LogP contribution in [0.15, 0.2) is 12.1 Å². The van der Waals surface area contributed by atoms with Gasteiger partial charge in [0.1, 0.15) is 6.10 Å². The summed E-state index contributed by atoms with van der Waals surface area (Å²) >= 11 is 5.51. The maximum absolute atomic E-state index is 9.84. The first-order chi connectivity index (χ1) is 7.06. The van der Waals surface area contributed by atoms with Gasteiger partial charge in [0, 0.05) is 22.8 Å². The van der Waals surface area contributed by atoms with E-state index in [0.29, 0.717) is 17.9 Å². The normalized spacial score (nSPS) is 15.0. The van der Waals surface area contributed by atoms with Crippen molar-refractivity contribution in [1.82, 2.24) is 4.98 Å². The Labute approximate surface area is 94.7 Å². The molecule has 0 aliphatic heterocycles. The summed E-state index contributed by atoms with van der Waals surface area (Å²) in [5, 5.41) is 19.4. The summed E-state index contributed by atoms with van der Waals surface area (Å²) in [7, 11) is 0. The molecular weight excluding hydrogens is 214 g/mol. The topological polar surface area (TPSA) is 53.4 Å². The minimum atomic E-state index is -0.906. The molecule has 0 bridgehead atoms. The monoisotopic (exact) mass is 229 g/mol.